The molecular formula is C28H23BrClNO. The van der Waals surface area contributed by atoms with Crippen molar-refractivity contribution < 1.29 is 5.11 Å². The fraction of sp³-hybridized carbons (Fsp3) is 0.143. The lowest BCUT2D eigenvalue weighted by molar-refractivity contribution is 0.0578. The van der Waals surface area contributed by atoms with Gasteiger partial charge in [0.15, 0.2) is 0 Å². The minimum Gasteiger partial charge on any atom is -0.380 e. The highest BCUT2D eigenvalue weighted by Gasteiger charge is 2.44. The second-order valence-electron chi connectivity index (χ2n) is 8.36. The van der Waals surface area contributed by atoms with E-state index in [1.54, 1.807) is 0 Å². The zero-order valence-corrected chi connectivity index (χ0v) is 20.0. The number of halogens is 2. The third kappa shape index (κ3) is 3.75. The van der Waals surface area contributed by atoms with Gasteiger partial charge < -0.3 is 10.0 Å². The van der Waals surface area contributed by atoms with Crippen molar-refractivity contribution in [2.45, 2.75) is 25.0 Å². The quantitative estimate of drug-likeness (QED) is 0.306. The van der Waals surface area contributed by atoms with Crippen LogP contribution in [0, 0.1) is 6.92 Å². The Bertz CT molecular complexity index is 1240. The van der Waals surface area contributed by atoms with Crippen molar-refractivity contribution in [1.82, 2.24) is 0 Å². The van der Waals surface area contributed by atoms with E-state index in [1.807, 2.05) is 66.7 Å². The van der Waals surface area contributed by atoms with Crippen LogP contribution in [-0.2, 0) is 5.60 Å². The van der Waals surface area contributed by atoms with Gasteiger partial charge in [0.05, 0.1) is 6.04 Å². The van der Waals surface area contributed by atoms with Crippen molar-refractivity contribution >= 4 is 38.9 Å². The first-order chi connectivity index (χ1) is 15.5. The van der Waals surface area contributed by atoms with Crippen molar-refractivity contribution in [1.29, 1.82) is 0 Å². The highest BCUT2D eigenvalue weighted by molar-refractivity contribution is 9.10. The van der Waals surface area contributed by atoms with Crippen LogP contribution in [0.15, 0.2) is 102 Å². The first-order valence-electron chi connectivity index (χ1n) is 10.6. The van der Waals surface area contributed by atoms with Crippen molar-refractivity contribution in [2.75, 3.05) is 4.90 Å². The second-order valence-corrected chi connectivity index (χ2v) is 9.71. The van der Waals surface area contributed by atoms with Gasteiger partial charge in [-0.05, 0) is 60.5 Å². The molecule has 0 aliphatic carbocycles. The van der Waals surface area contributed by atoms with Crippen LogP contribution in [-0.4, -0.2) is 5.11 Å². The Morgan fingerprint density at radius 3 is 2.22 bits per heavy atom. The lowest BCUT2D eigenvalue weighted by Gasteiger charge is -2.47. The standard InChI is InChI=1S/C28H23BrClNO/c1-19-6-8-20(9-7-19)27-18-28(32,21-10-12-22(29)13-11-21)25-4-2-3-5-26(25)31(27)24-16-14-23(30)15-17-24/h2-17,27,32H,18H2,1H3/t27-,28-/m0/s1. The van der Waals surface area contributed by atoms with Crippen LogP contribution in [0.1, 0.15) is 34.7 Å². The van der Waals surface area contributed by atoms with Gasteiger partial charge in [-0.1, -0.05) is 87.7 Å². The van der Waals surface area contributed by atoms with E-state index >= 15 is 0 Å². The molecule has 0 fully saturated rings. The Labute approximate surface area is 202 Å². The topological polar surface area (TPSA) is 23.5 Å². The molecule has 1 aliphatic rings. The molecular weight excluding hydrogens is 482 g/mol. The minimum atomic E-state index is -1.12. The van der Waals surface area contributed by atoms with E-state index in [-0.39, 0.29) is 6.04 Å². The molecule has 0 saturated heterocycles. The average molecular weight is 505 g/mol. The summed E-state index contributed by atoms with van der Waals surface area (Å²) in [7, 11) is 0. The van der Waals surface area contributed by atoms with Crippen molar-refractivity contribution in [2.24, 2.45) is 0 Å². The first-order valence-corrected chi connectivity index (χ1v) is 11.8. The van der Waals surface area contributed by atoms with Crippen molar-refractivity contribution in [3.8, 4) is 0 Å². The molecule has 160 valence electrons. The highest BCUT2D eigenvalue weighted by atomic mass is 79.9. The van der Waals surface area contributed by atoms with Crippen LogP contribution in [0.25, 0.3) is 0 Å². The van der Waals surface area contributed by atoms with Gasteiger partial charge >= 0.3 is 0 Å². The van der Waals surface area contributed by atoms with Gasteiger partial charge in [-0.15, -0.1) is 0 Å². The Morgan fingerprint density at radius 2 is 1.53 bits per heavy atom. The molecule has 0 bridgehead atoms. The number of benzene rings is 4. The summed E-state index contributed by atoms with van der Waals surface area (Å²) in [5, 5.41) is 12.9. The van der Waals surface area contributed by atoms with E-state index in [2.05, 4.69) is 58.1 Å². The first kappa shape index (κ1) is 21.3. The fourth-order valence-corrected chi connectivity index (χ4v) is 5.05. The Kier molecular flexibility index (Phi) is 5.58. The van der Waals surface area contributed by atoms with Crippen LogP contribution in [0.5, 0.6) is 0 Å². The molecule has 0 aromatic heterocycles. The molecule has 0 spiro atoms. The average Bonchev–Trinajstić information content (AvgIpc) is 2.81. The lowest BCUT2D eigenvalue weighted by atomic mass is 9.75. The van der Waals surface area contributed by atoms with Gasteiger partial charge in [-0.25, -0.2) is 0 Å². The third-order valence-corrected chi connectivity index (χ3v) is 7.08. The van der Waals surface area contributed by atoms with Crippen molar-refractivity contribution in [3.05, 3.63) is 129 Å². The molecule has 4 aromatic carbocycles. The number of hydrogen-bond acceptors (Lipinski definition) is 2. The maximum absolute atomic E-state index is 12.2. The number of nitrogens with zero attached hydrogens (tertiary/aromatic N) is 1. The van der Waals surface area contributed by atoms with Gasteiger partial charge in [0.2, 0.25) is 0 Å². The van der Waals surface area contributed by atoms with Gasteiger partial charge in [-0.3, -0.25) is 0 Å². The summed E-state index contributed by atoms with van der Waals surface area (Å²) in [6, 6.07) is 32.6. The molecule has 0 saturated carbocycles. The number of aliphatic hydroxyl groups is 1. The SMILES string of the molecule is Cc1ccc([C@@H]2C[C@](O)(c3ccc(Br)cc3)c3ccccc3N2c2ccc(Cl)cc2)cc1. The smallest absolute Gasteiger partial charge is 0.119 e. The van der Waals surface area contributed by atoms with Crippen LogP contribution < -0.4 is 4.90 Å². The Morgan fingerprint density at radius 1 is 0.875 bits per heavy atom. The number of hydrogen-bond donors (Lipinski definition) is 1. The molecule has 32 heavy (non-hydrogen) atoms. The predicted octanol–water partition coefficient (Wildman–Crippen LogP) is 7.93. The summed E-state index contributed by atoms with van der Waals surface area (Å²) in [5.74, 6) is 0. The normalized spacial score (nSPS) is 20.1. The fourth-order valence-electron chi connectivity index (χ4n) is 4.66. The summed E-state index contributed by atoms with van der Waals surface area (Å²) in [4.78, 5) is 2.32. The highest BCUT2D eigenvalue weighted by Crippen LogP contribution is 2.52. The molecule has 1 heterocycles. The molecule has 4 aromatic rings. The zero-order chi connectivity index (χ0) is 22.3. The van der Waals surface area contributed by atoms with Crippen LogP contribution >= 0.6 is 27.5 Å². The summed E-state index contributed by atoms with van der Waals surface area (Å²) < 4.78 is 0.992. The van der Waals surface area contributed by atoms with Gasteiger partial charge in [0, 0.05) is 32.9 Å². The van der Waals surface area contributed by atoms with E-state index in [0.717, 1.165) is 32.5 Å². The number of fused-ring (bicyclic) bond motifs is 1. The molecule has 4 heteroatoms. The Balaban J connectivity index is 1.74. The van der Waals surface area contributed by atoms with Crippen LogP contribution in [0.2, 0.25) is 5.02 Å². The molecule has 1 N–H and O–H groups in total. The summed E-state index contributed by atoms with van der Waals surface area (Å²) in [5.41, 5.74) is 5.10. The largest absolute Gasteiger partial charge is 0.380 e. The third-order valence-electron chi connectivity index (χ3n) is 6.30. The number of para-hydroxylation sites is 1. The summed E-state index contributed by atoms with van der Waals surface area (Å²) in [6.45, 7) is 2.09. The predicted molar refractivity (Wildman–Crippen MR) is 136 cm³/mol. The summed E-state index contributed by atoms with van der Waals surface area (Å²) in [6.07, 6.45) is 0.525. The van der Waals surface area contributed by atoms with E-state index in [0.29, 0.717) is 11.4 Å². The lowest BCUT2D eigenvalue weighted by Crippen LogP contribution is -2.41. The number of rotatable bonds is 3. The molecule has 1 aliphatic heterocycles. The molecule has 2 atom stereocenters. The van der Waals surface area contributed by atoms with E-state index < -0.39 is 5.60 Å². The monoisotopic (exact) mass is 503 g/mol. The van der Waals surface area contributed by atoms with Crippen molar-refractivity contribution in [3.63, 3.8) is 0 Å². The molecule has 5 rings (SSSR count). The van der Waals surface area contributed by atoms with E-state index in [9.17, 15) is 5.11 Å². The van der Waals surface area contributed by atoms with E-state index in [4.69, 9.17) is 11.6 Å². The van der Waals surface area contributed by atoms with E-state index in [1.165, 1.54) is 5.56 Å². The molecule has 0 amide bonds. The summed E-state index contributed by atoms with van der Waals surface area (Å²) >= 11 is 9.72. The van der Waals surface area contributed by atoms with Gasteiger partial charge in [0.1, 0.15) is 5.60 Å². The number of aryl methyl sites for hydroxylation is 1. The maximum atomic E-state index is 12.2. The molecule has 2 nitrogen and oxygen atoms in total. The van der Waals surface area contributed by atoms with Crippen LogP contribution in [0.4, 0.5) is 11.4 Å². The van der Waals surface area contributed by atoms with Gasteiger partial charge in [-0.2, -0.15) is 0 Å². The minimum absolute atomic E-state index is 0.0553. The molecule has 0 radical (unpaired) electrons. The maximum Gasteiger partial charge on any atom is 0.119 e. The van der Waals surface area contributed by atoms with Gasteiger partial charge in [0.25, 0.3) is 0 Å². The number of anilines is 2. The Hall–Kier alpha value is -2.59. The zero-order valence-electron chi connectivity index (χ0n) is 17.7. The molecule has 0 unspecified atom stereocenters. The second kappa shape index (κ2) is 8.40. The van der Waals surface area contributed by atoms with Crippen LogP contribution in [0.3, 0.4) is 0 Å².